The van der Waals surface area contributed by atoms with E-state index in [2.05, 4.69) is 15.9 Å². The summed E-state index contributed by atoms with van der Waals surface area (Å²) in [6, 6.07) is 14.2. The Hall–Kier alpha value is -2.57. The fourth-order valence-electron chi connectivity index (χ4n) is 5.40. The van der Waals surface area contributed by atoms with Crippen molar-refractivity contribution in [2.45, 2.75) is 25.4 Å². The molecule has 7 heteroatoms. The molecular weight excluding hydrogens is 400 g/mol. The molecule has 0 saturated carbocycles. The summed E-state index contributed by atoms with van der Waals surface area (Å²) in [6.45, 7) is 3.96. The van der Waals surface area contributed by atoms with Crippen LogP contribution in [0, 0.1) is 5.92 Å². The van der Waals surface area contributed by atoms with Gasteiger partial charge in [0.1, 0.15) is 5.75 Å². The van der Waals surface area contributed by atoms with Crippen LogP contribution in [-0.4, -0.2) is 58.3 Å². The Kier molecular flexibility index (Phi) is 4.71. The van der Waals surface area contributed by atoms with E-state index in [1.54, 1.807) is 7.11 Å². The fourth-order valence-corrected chi connectivity index (χ4v) is 5.40. The van der Waals surface area contributed by atoms with E-state index in [4.69, 9.17) is 9.84 Å². The zero-order valence-corrected chi connectivity index (χ0v) is 17.8. The number of methoxy groups -OCH3 is 1. The number of fused-ring (bicyclic) bond motifs is 3. The van der Waals surface area contributed by atoms with Crippen molar-refractivity contribution in [3.8, 4) is 11.4 Å². The summed E-state index contributed by atoms with van der Waals surface area (Å²) in [7, 11) is 1.67. The summed E-state index contributed by atoms with van der Waals surface area (Å²) in [5.41, 5.74) is 3.76. The molecule has 6 nitrogen and oxygen atoms in total. The first-order chi connectivity index (χ1) is 14.2. The number of halogens is 1. The van der Waals surface area contributed by atoms with Crippen molar-refractivity contribution in [3.63, 3.8) is 0 Å². The van der Waals surface area contributed by atoms with Gasteiger partial charge in [-0.05, 0) is 68.2 Å². The highest BCUT2D eigenvalue weighted by molar-refractivity contribution is 6.09. The molecule has 1 aromatic heterocycles. The molecule has 3 aromatic rings. The normalized spacial score (nSPS) is 24.8. The maximum absolute atomic E-state index is 13.5. The number of rotatable bonds is 3. The molecule has 2 aromatic carbocycles. The SMILES string of the molecule is COc1ccc(-n2nc3c4c(cccc42)C(=O)N([C@H]2CN4CCC2CC4)C3)cc1.Cl. The van der Waals surface area contributed by atoms with Gasteiger partial charge in [0.2, 0.25) is 0 Å². The van der Waals surface area contributed by atoms with Gasteiger partial charge in [0.15, 0.2) is 0 Å². The first-order valence-electron chi connectivity index (χ1n) is 10.4. The molecule has 4 aliphatic heterocycles. The second kappa shape index (κ2) is 7.29. The third-order valence-electron chi connectivity index (χ3n) is 6.93. The van der Waals surface area contributed by atoms with E-state index in [-0.39, 0.29) is 18.3 Å². The highest BCUT2D eigenvalue weighted by Crippen LogP contribution is 2.37. The van der Waals surface area contributed by atoms with E-state index in [0.717, 1.165) is 40.1 Å². The monoisotopic (exact) mass is 424 g/mol. The van der Waals surface area contributed by atoms with E-state index in [0.29, 0.717) is 18.5 Å². The number of carbonyl (C=O) groups is 1. The van der Waals surface area contributed by atoms with Crippen LogP contribution in [0.5, 0.6) is 5.75 Å². The number of hydrogen-bond acceptors (Lipinski definition) is 4. The van der Waals surface area contributed by atoms with Crippen molar-refractivity contribution >= 4 is 29.2 Å². The van der Waals surface area contributed by atoms with E-state index >= 15 is 0 Å². The Morgan fingerprint density at radius 2 is 1.83 bits per heavy atom. The van der Waals surface area contributed by atoms with Gasteiger partial charge in [-0.25, -0.2) is 4.68 Å². The molecule has 0 aliphatic carbocycles. The average molecular weight is 425 g/mol. The third-order valence-corrected chi connectivity index (χ3v) is 6.93. The molecule has 0 spiro atoms. The van der Waals surface area contributed by atoms with Gasteiger partial charge >= 0.3 is 0 Å². The van der Waals surface area contributed by atoms with Gasteiger partial charge in [0, 0.05) is 18.0 Å². The second-order valence-electron chi connectivity index (χ2n) is 8.39. The largest absolute Gasteiger partial charge is 0.497 e. The van der Waals surface area contributed by atoms with Crippen molar-refractivity contribution in [1.82, 2.24) is 19.6 Å². The summed E-state index contributed by atoms with van der Waals surface area (Å²) in [4.78, 5) is 18.1. The van der Waals surface area contributed by atoms with E-state index in [1.165, 1.54) is 25.9 Å². The number of amides is 1. The number of hydrogen-bond donors (Lipinski definition) is 0. The van der Waals surface area contributed by atoms with Gasteiger partial charge in [-0.2, -0.15) is 5.10 Å². The Labute approximate surface area is 181 Å². The molecular formula is C23H25ClN4O2. The fraction of sp³-hybridized carbons (Fsp3) is 0.391. The Morgan fingerprint density at radius 3 is 2.50 bits per heavy atom. The first kappa shape index (κ1) is 19.4. The summed E-state index contributed by atoms with van der Waals surface area (Å²) < 4.78 is 7.24. The van der Waals surface area contributed by atoms with Gasteiger partial charge in [-0.1, -0.05) is 6.07 Å². The smallest absolute Gasteiger partial charge is 0.255 e. The van der Waals surface area contributed by atoms with E-state index in [1.807, 2.05) is 41.1 Å². The first-order valence-corrected chi connectivity index (χ1v) is 10.4. The molecule has 3 saturated heterocycles. The molecule has 5 heterocycles. The Morgan fingerprint density at radius 1 is 1.07 bits per heavy atom. The number of piperidine rings is 3. The summed E-state index contributed by atoms with van der Waals surface area (Å²) >= 11 is 0. The molecule has 1 amide bonds. The van der Waals surface area contributed by atoms with Gasteiger partial charge < -0.3 is 14.5 Å². The zero-order valence-electron chi connectivity index (χ0n) is 17.0. The lowest BCUT2D eigenvalue weighted by Crippen LogP contribution is -2.59. The minimum absolute atomic E-state index is 0. The van der Waals surface area contributed by atoms with E-state index in [9.17, 15) is 4.79 Å². The predicted molar refractivity (Wildman–Crippen MR) is 118 cm³/mol. The van der Waals surface area contributed by atoms with Crippen LogP contribution in [0.4, 0.5) is 0 Å². The summed E-state index contributed by atoms with van der Waals surface area (Å²) in [5.74, 6) is 1.60. The molecule has 0 radical (unpaired) electrons. The molecule has 30 heavy (non-hydrogen) atoms. The average Bonchev–Trinajstić information content (AvgIpc) is 3.16. The van der Waals surface area contributed by atoms with Gasteiger partial charge in [0.05, 0.1) is 36.1 Å². The van der Waals surface area contributed by atoms with Crippen LogP contribution < -0.4 is 4.74 Å². The molecule has 156 valence electrons. The molecule has 2 bridgehead atoms. The van der Waals surface area contributed by atoms with Crippen LogP contribution in [0.25, 0.3) is 16.6 Å². The highest BCUT2D eigenvalue weighted by atomic mass is 35.5. The van der Waals surface area contributed by atoms with Crippen molar-refractivity contribution < 1.29 is 9.53 Å². The number of nitrogens with zero attached hydrogens (tertiary/aromatic N) is 4. The van der Waals surface area contributed by atoms with Crippen LogP contribution in [0.15, 0.2) is 42.5 Å². The lowest BCUT2D eigenvalue weighted by Gasteiger charge is -2.49. The lowest BCUT2D eigenvalue weighted by molar-refractivity contribution is 0.00364. The van der Waals surface area contributed by atoms with Gasteiger partial charge in [0.25, 0.3) is 5.91 Å². The molecule has 0 N–H and O–H groups in total. The van der Waals surface area contributed by atoms with Crippen LogP contribution in [0.2, 0.25) is 0 Å². The van der Waals surface area contributed by atoms with Crippen LogP contribution in [-0.2, 0) is 6.54 Å². The van der Waals surface area contributed by atoms with Crippen molar-refractivity contribution in [2.24, 2.45) is 5.92 Å². The highest BCUT2D eigenvalue weighted by Gasteiger charge is 2.42. The Bertz CT molecular complexity index is 1100. The Balaban J connectivity index is 0.00000193. The minimum Gasteiger partial charge on any atom is -0.497 e. The van der Waals surface area contributed by atoms with Crippen LogP contribution >= 0.6 is 12.4 Å². The summed E-state index contributed by atoms with van der Waals surface area (Å²) in [5, 5.41) is 5.96. The minimum atomic E-state index is 0. The van der Waals surface area contributed by atoms with Crippen molar-refractivity contribution in [1.29, 1.82) is 0 Å². The van der Waals surface area contributed by atoms with E-state index < -0.39 is 0 Å². The number of aromatic nitrogens is 2. The third kappa shape index (κ3) is 2.81. The lowest BCUT2D eigenvalue weighted by atomic mass is 9.82. The zero-order chi connectivity index (χ0) is 19.5. The second-order valence-corrected chi connectivity index (χ2v) is 8.39. The quantitative estimate of drug-likeness (QED) is 0.645. The maximum atomic E-state index is 13.5. The molecule has 0 unspecified atom stereocenters. The number of ether oxygens (including phenoxy) is 1. The van der Waals surface area contributed by atoms with Crippen molar-refractivity contribution in [3.05, 3.63) is 53.7 Å². The standard InChI is InChI=1S/C23H24N4O2.ClH/c1-29-17-7-5-16(6-8-17)27-20-4-2-3-18-22(20)19(24-27)13-26(23(18)28)21-14-25-11-9-15(21)10-12-25;/h2-8,15,21H,9-14H2,1H3;1H/t21-;/m0./s1. The topological polar surface area (TPSA) is 50.6 Å². The molecule has 4 aliphatic rings. The molecule has 3 fully saturated rings. The maximum Gasteiger partial charge on any atom is 0.255 e. The molecule has 1 atom stereocenters. The molecule has 7 rings (SSSR count). The van der Waals surface area contributed by atoms with Gasteiger partial charge in [-0.3, -0.25) is 4.79 Å². The predicted octanol–water partition coefficient (Wildman–Crippen LogP) is 3.51. The van der Waals surface area contributed by atoms with Crippen molar-refractivity contribution in [2.75, 3.05) is 26.7 Å². The summed E-state index contributed by atoms with van der Waals surface area (Å²) in [6.07, 6.45) is 2.40. The number of benzene rings is 2. The number of carbonyl (C=O) groups excluding carboxylic acids is 1. The van der Waals surface area contributed by atoms with Crippen LogP contribution in [0.1, 0.15) is 28.9 Å². The van der Waals surface area contributed by atoms with Gasteiger partial charge in [-0.15, -0.1) is 12.4 Å². The van der Waals surface area contributed by atoms with Crippen LogP contribution in [0.3, 0.4) is 0 Å².